The largest absolute Gasteiger partial charge is 0.341 e. The summed E-state index contributed by atoms with van der Waals surface area (Å²) in [5, 5.41) is 0. The van der Waals surface area contributed by atoms with Crippen LogP contribution in [0.15, 0.2) is 30.3 Å². The Labute approximate surface area is 128 Å². The molecule has 2 rings (SSSR count). The van der Waals surface area contributed by atoms with Crippen LogP contribution in [-0.2, 0) is 11.2 Å². The SMILES string of the molecule is CCCC1CCCN(C(=O)[C@@H](N)Cc2ccccc2)CC1. The van der Waals surface area contributed by atoms with Crippen molar-refractivity contribution < 1.29 is 4.79 Å². The molecule has 116 valence electrons. The lowest BCUT2D eigenvalue weighted by molar-refractivity contribution is -0.132. The van der Waals surface area contributed by atoms with Crippen molar-refractivity contribution in [2.24, 2.45) is 11.7 Å². The first-order valence-electron chi connectivity index (χ1n) is 8.29. The van der Waals surface area contributed by atoms with Gasteiger partial charge in [-0.15, -0.1) is 0 Å². The summed E-state index contributed by atoms with van der Waals surface area (Å²) in [5.74, 6) is 0.911. The van der Waals surface area contributed by atoms with Gasteiger partial charge in [0, 0.05) is 13.1 Å². The lowest BCUT2D eigenvalue weighted by Gasteiger charge is -2.24. The third-order valence-corrected chi connectivity index (χ3v) is 4.47. The Morgan fingerprint density at radius 1 is 1.29 bits per heavy atom. The molecule has 0 radical (unpaired) electrons. The lowest BCUT2D eigenvalue weighted by atomic mass is 9.96. The average Bonchev–Trinajstić information content (AvgIpc) is 2.73. The summed E-state index contributed by atoms with van der Waals surface area (Å²) in [7, 11) is 0. The lowest BCUT2D eigenvalue weighted by Crippen LogP contribution is -2.45. The summed E-state index contributed by atoms with van der Waals surface area (Å²) in [6, 6.07) is 9.64. The number of amides is 1. The molecule has 1 aliphatic rings. The molecule has 3 heteroatoms. The first kappa shape index (κ1) is 16.0. The number of benzene rings is 1. The van der Waals surface area contributed by atoms with E-state index < -0.39 is 6.04 Å². The van der Waals surface area contributed by atoms with Crippen LogP contribution in [0.1, 0.15) is 44.6 Å². The van der Waals surface area contributed by atoms with Crippen molar-refractivity contribution in [3.05, 3.63) is 35.9 Å². The van der Waals surface area contributed by atoms with E-state index in [0.29, 0.717) is 6.42 Å². The topological polar surface area (TPSA) is 46.3 Å². The quantitative estimate of drug-likeness (QED) is 0.905. The van der Waals surface area contributed by atoms with E-state index in [1.54, 1.807) is 0 Å². The highest BCUT2D eigenvalue weighted by Gasteiger charge is 2.24. The Morgan fingerprint density at radius 2 is 2.05 bits per heavy atom. The number of likely N-dealkylation sites (tertiary alicyclic amines) is 1. The Balaban J connectivity index is 1.87. The van der Waals surface area contributed by atoms with Crippen LogP contribution in [0, 0.1) is 5.92 Å². The highest BCUT2D eigenvalue weighted by Crippen LogP contribution is 2.22. The van der Waals surface area contributed by atoms with Crippen molar-refractivity contribution in [1.82, 2.24) is 4.90 Å². The summed E-state index contributed by atoms with van der Waals surface area (Å²) in [4.78, 5) is 14.5. The number of nitrogens with zero attached hydrogens (tertiary/aromatic N) is 1. The van der Waals surface area contributed by atoms with Crippen LogP contribution in [-0.4, -0.2) is 29.9 Å². The van der Waals surface area contributed by atoms with Crippen LogP contribution in [0.4, 0.5) is 0 Å². The number of nitrogens with two attached hydrogens (primary N) is 1. The molecular formula is C18H28N2O. The summed E-state index contributed by atoms with van der Waals surface area (Å²) >= 11 is 0. The zero-order valence-electron chi connectivity index (χ0n) is 13.1. The third kappa shape index (κ3) is 4.85. The second-order valence-electron chi connectivity index (χ2n) is 6.21. The summed E-state index contributed by atoms with van der Waals surface area (Å²) in [6.07, 6.45) is 6.68. The van der Waals surface area contributed by atoms with E-state index in [2.05, 4.69) is 6.92 Å². The second-order valence-corrected chi connectivity index (χ2v) is 6.21. The molecule has 2 N–H and O–H groups in total. The van der Waals surface area contributed by atoms with Crippen LogP contribution < -0.4 is 5.73 Å². The van der Waals surface area contributed by atoms with Crippen LogP contribution >= 0.6 is 0 Å². The normalized spacial score (nSPS) is 20.9. The van der Waals surface area contributed by atoms with Crippen LogP contribution in [0.2, 0.25) is 0 Å². The Bertz CT molecular complexity index is 432. The zero-order valence-corrected chi connectivity index (χ0v) is 13.1. The van der Waals surface area contributed by atoms with Gasteiger partial charge in [0.1, 0.15) is 0 Å². The first-order chi connectivity index (χ1) is 10.2. The Hall–Kier alpha value is -1.35. The molecule has 0 saturated carbocycles. The van der Waals surface area contributed by atoms with E-state index >= 15 is 0 Å². The Morgan fingerprint density at radius 3 is 2.76 bits per heavy atom. The summed E-state index contributed by atoms with van der Waals surface area (Å²) in [6.45, 7) is 4.00. The molecular weight excluding hydrogens is 260 g/mol. The minimum Gasteiger partial charge on any atom is -0.341 e. The van der Waals surface area contributed by atoms with Gasteiger partial charge in [0.15, 0.2) is 0 Å². The smallest absolute Gasteiger partial charge is 0.239 e. The maximum Gasteiger partial charge on any atom is 0.239 e. The van der Waals surface area contributed by atoms with Crippen molar-refractivity contribution in [1.29, 1.82) is 0 Å². The van der Waals surface area contributed by atoms with Gasteiger partial charge in [0.2, 0.25) is 5.91 Å². The van der Waals surface area contributed by atoms with Crippen molar-refractivity contribution in [2.45, 2.75) is 51.5 Å². The standard InChI is InChI=1S/C18H28N2O/c1-2-7-15-10-6-12-20(13-11-15)18(21)17(19)14-16-8-4-3-5-9-16/h3-5,8-9,15,17H,2,6-7,10-14,19H2,1H3/t15?,17-/m0/s1. The summed E-state index contributed by atoms with van der Waals surface area (Å²) < 4.78 is 0. The van der Waals surface area contributed by atoms with Gasteiger partial charge in [-0.1, -0.05) is 50.1 Å². The Kier molecular flexibility index (Phi) is 6.24. The van der Waals surface area contributed by atoms with Gasteiger partial charge in [-0.05, 0) is 37.2 Å². The maximum absolute atomic E-state index is 12.5. The van der Waals surface area contributed by atoms with Gasteiger partial charge < -0.3 is 10.6 Å². The fraction of sp³-hybridized carbons (Fsp3) is 0.611. The predicted molar refractivity (Wildman–Crippen MR) is 87.0 cm³/mol. The molecule has 1 heterocycles. The molecule has 1 fully saturated rings. The van der Waals surface area contributed by atoms with Gasteiger partial charge in [0.05, 0.1) is 6.04 Å². The van der Waals surface area contributed by atoms with E-state index in [0.717, 1.165) is 37.4 Å². The van der Waals surface area contributed by atoms with Gasteiger partial charge in [-0.2, -0.15) is 0 Å². The molecule has 0 aliphatic carbocycles. The molecule has 1 saturated heterocycles. The average molecular weight is 288 g/mol. The maximum atomic E-state index is 12.5. The fourth-order valence-electron chi connectivity index (χ4n) is 3.27. The minimum absolute atomic E-state index is 0.121. The zero-order chi connectivity index (χ0) is 15.1. The summed E-state index contributed by atoms with van der Waals surface area (Å²) in [5.41, 5.74) is 7.27. The van der Waals surface area contributed by atoms with Crippen molar-refractivity contribution >= 4 is 5.91 Å². The first-order valence-corrected chi connectivity index (χ1v) is 8.29. The molecule has 0 aromatic heterocycles. The highest BCUT2D eigenvalue weighted by molar-refractivity contribution is 5.82. The molecule has 0 spiro atoms. The van der Waals surface area contributed by atoms with Crippen molar-refractivity contribution in [3.63, 3.8) is 0 Å². The van der Waals surface area contributed by atoms with Crippen LogP contribution in [0.3, 0.4) is 0 Å². The third-order valence-electron chi connectivity index (χ3n) is 4.47. The molecule has 1 aromatic rings. The predicted octanol–water partition coefficient (Wildman–Crippen LogP) is 2.99. The number of rotatable bonds is 5. The van der Waals surface area contributed by atoms with E-state index in [-0.39, 0.29) is 5.91 Å². The second kappa shape index (κ2) is 8.18. The molecule has 1 unspecified atom stereocenters. The van der Waals surface area contributed by atoms with Crippen LogP contribution in [0.5, 0.6) is 0 Å². The molecule has 1 aromatic carbocycles. The van der Waals surface area contributed by atoms with Gasteiger partial charge >= 0.3 is 0 Å². The number of hydrogen-bond acceptors (Lipinski definition) is 2. The van der Waals surface area contributed by atoms with Gasteiger partial charge in [-0.3, -0.25) is 4.79 Å². The minimum atomic E-state index is -0.407. The van der Waals surface area contributed by atoms with E-state index in [9.17, 15) is 4.79 Å². The van der Waals surface area contributed by atoms with Gasteiger partial charge in [0.25, 0.3) is 0 Å². The molecule has 21 heavy (non-hydrogen) atoms. The molecule has 1 amide bonds. The van der Waals surface area contributed by atoms with Gasteiger partial charge in [-0.25, -0.2) is 0 Å². The number of carbonyl (C=O) groups is 1. The van der Waals surface area contributed by atoms with Crippen molar-refractivity contribution in [3.8, 4) is 0 Å². The van der Waals surface area contributed by atoms with E-state index in [4.69, 9.17) is 5.73 Å². The van der Waals surface area contributed by atoms with Crippen molar-refractivity contribution in [2.75, 3.05) is 13.1 Å². The van der Waals surface area contributed by atoms with E-state index in [1.165, 1.54) is 19.3 Å². The fourth-order valence-corrected chi connectivity index (χ4v) is 3.27. The number of carbonyl (C=O) groups excluding carboxylic acids is 1. The van der Waals surface area contributed by atoms with Crippen LogP contribution in [0.25, 0.3) is 0 Å². The molecule has 0 bridgehead atoms. The number of hydrogen-bond donors (Lipinski definition) is 1. The molecule has 2 atom stereocenters. The highest BCUT2D eigenvalue weighted by atomic mass is 16.2. The molecule has 3 nitrogen and oxygen atoms in total. The monoisotopic (exact) mass is 288 g/mol. The molecule has 1 aliphatic heterocycles. The van der Waals surface area contributed by atoms with E-state index in [1.807, 2.05) is 35.2 Å².